The molecule has 0 spiro atoms. The van der Waals surface area contributed by atoms with Gasteiger partial charge in [-0.05, 0) is 14.1 Å². The summed E-state index contributed by atoms with van der Waals surface area (Å²) in [7, 11) is 3.93. The first kappa shape index (κ1) is 14.7. The van der Waals surface area contributed by atoms with Gasteiger partial charge >= 0.3 is 0 Å². The van der Waals surface area contributed by atoms with Gasteiger partial charge in [-0.15, -0.1) is 0 Å². The molecule has 2 rings (SSSR count). The molecule has 0 bridgehead atoms. The van der Waals surface area contributed by atoms with Gasteiger partial charge in [-0.1, -0.05) is 0 Å². The molecule has 3 atom stereocenters. The third kappa shape index (κ3) is 3.45. The predicted octanol–water partition coefficient (Wildman–Crippen LogP) is -1.16. The largest absolute Gasteiger partial charge is 0.389 e. The monoisotopic (exact) mass is 271 g/mol. The third-order valence-corrected chi connectivity index (χ3v) is 4.18. The summed E-state index contributed by atoms with van der Waals surface area (Å²) in [6, 6.07) is 0.0866. The number of piperazine rings is 1. The molecule has 0 aliphatic carbocycles. The number of hydrogen-bond acceptors (Lipinski definition) is 5. The lowest BCUT2D eigenvalue weighted by Crippen LogP contribution is -2.51. The van der Waals surface area contributed by atoms with Gasteiger partial charge in [0.05, 0.1) is 24.9 Å². The molecular weight excluding hydrogens is 246 g/mol. The fourth-order valence-corrected chi connectivity index (χ4v) is 2.78. The molecule has 1 N–H and O–H groups in total. The summed E-state index contributed by atoms with van der Waals surface area (Å²) in [6.45, 7) is 6.22. The van der Waals surface area contributed by atoms with E-state index in [-0.39, 0.29) is 18.1 Å². The predicted molar refractivity (Wildman–Crippen MR) is 71.9 cm³/mol. The number of carbonyl (C=O) groups is 1. The van der Waals surface area contributed by atoms with E-state index in [9.17, 15) is 9.90 Å². The lowest BCUT2D eigenvalue weighted by molar-refractivity contribution is -0.130. The van der Waals surface area contributed by atoms with Crippen LogP contribution < -0.4 is 0 Å². The van der Waals surface area contributed by atoms with Crippen LogP contribution in [-0.4, -0.2) is 97.4 Å². The summed E-state index contributed by atoms with van der Waals surface area (Å²) >= 11 is 0. The van der Waals surface area contributed by atoms with Gasteiger partial charge in [-0.2, -0.15) is 0 Å². The van der Waals surface area contributed by atoms with Crippen molar-refractivity contribution >= 4 is 5.91 Å². The van der Waals surface area contributed by atoms with Gasteiger partial charge in [0.1, 0.15) is 0 Å². The Hall–Kier alpha value is -0.690. The molecule has 0 aromatic carbocycles. The van der Waals surface area contributed by atoms with Crippen molar-refractivity contribution in [1.29, 1.82) is 0 Å². The van der Waals surface area contributed by atoms with E-state index in [1.165, 1.54) is 0 Å². The number of aliphatic hydroxyl groups excluding tert-OH is 1. The first-order chi connectivity index (χ1) is 8.99. The Morgan fingerprint density at radius 1 is 1.32 bits per heavy atom. The van der Waals surface area contributed by atoms with Crippen LogP contribution in [0.2, 0.25) is 0 Å². The Morgan fingerprint density at radius 2 is 1.95 bits per heavy atom. The second-order valence-corrected chi connectivity index (χ2v) is 5.70. The molecule has 0 radical (unpaired) electrons. The second kappa shape index (κ2) is 6.17. The number of amides is 1. The molecule has 2 aliphatic rings. The van der Waals surface area contributed by atoms with E-state index in [2.05, 4.69) is 4.90 Å². The Kier molecular flexibility index (Phi) is 4.78. The normalized spacial score (nSPS) is 33.1. The fraction of sp³-hybridized carbons (Fsp3) is 0.923. The minimum absolute atomic E-state index is 0.0866. The SMILES string of the molecule is CC(=O)N1CCN(C[C@@H]2OC[C@H](N(C)C)[C@H]2O)CC1. The first-order valence-electron chi connectivity index (χ1n) is 6.93. The van der Waals surface area contributed by atoms with Crippen LogP contribution >= 0.6 is 0 Å². The number of carbonyl (C=O) groups excluding carboxylic acids is 1. The second-order valence-electron chi connectivity index (χ2n) is 5.70. The van der Waals surface area contributed by atoms with Crippen LogP contribution in [-0.2, 0) is 9.53 Å². The minimum Gasteiger partial charge on any atom is -0.389 e. The Balaban J connectivity index is 1.79. The van der Waals surface area contributed by atoms with Gasteiger partial charge in [0.15, 0.2) is 0 Å². The molecule has 19 heavy (non-hydrogen) atoms. The van der Waals surface area contributed by atoms with E-state index in [1.54, 1.807) is 6.92 Å². The van der Waals surface area contributed by atoms with Crippen molar-refractivity contribution in [1.82, 2.24) is 14.7 Å². The summed E-state index contributed by atoms with van der Waals surface area (Å²) < 4.78 is 5.70. The number of ether oxygens (including phenoxy) is 1. The summed E-state index contributed by atoms with van der Waals surface area (Å²) in [6.07, 6.45) is -0.544. The molecule has 2 saturated heterocycles. The van der Waals surface area contributed by atoms with Gasteiger partial charge < -0.3 is 19.6 Å². The van der Waals surface area contributed by atoms with Gasteiger partial charge in [0.25, 0.3) is 0 Å². The number of likely N-dealkylation sites (N-methyl/N-ethyl adjacent to an activating group) is 1. The number of hydrogen-bond donors (Lipinski definition) is 1. The van der Waals surface area contributed by atoms with Crippen molar-refractivity contribution in [2.24, 2.45) is 0 Å². The highest BCUT2D eigenvalue weighted by molar-refractivity contribution is 5.73. The summed E-state index contributed by atoms with van der Waals surface area (Å²) in [5, 5.41) is 10.2. The molecule has 6 heteroatoms. The average molecular weight is 271 g/mol. The molecular formula is C13H25N3O3. The van der Waals surface area contributed by atoms with Crippen LogP contribution in [0.4, 0.5) is 0 Å². The maximum atomic E-state index is 11.3. The zero-order valence-electron chi connectivity index (χ0n) is 12.1. The topological polar surface area (TPSA) is 56.2 Å². The third-order valence-electron chi connectivity index (χ3n) is 4.18. The van der Waals surface area contributed by atoms with Gasteiger partial charge in [0, 0.05) is 39.6 Å². The highest BCUT2D eigenvalue weighted by Crippen LogP contribution is 2.19. The molecule has 6 nitrogen and oxygen atoms in total. The molecule has 0 aromatic rings. The van der Waals surface area contributed by atoms with Crippen LogP contribution in [0.25, 0.3) is 0 Å². The Morgan fingerprint density at radius 3 is 2.42 bits per heavy atom. The van der Waals surface area contributed by atoms with Crippen LogP contribution in [0.1, 0.15) is 6.92 Å². The number of aliphatic hydroxyl groups is 1. The first-order valence-corrected chi connectivity index (χ1v) is 6.93. The molecule has 2 heterocycles. The highest BCUT2D eigenvalue weighted by Gasteiger charge is 2.38. The van der Waals surface area contributed by atoms with Crippen molar-refractivity contribution in [2.75, 3.05) is 53.4 Å². The quantitative estimate of drug-likeness (QED) is 0.702. The van der Waals surface area contributed by atoms with Crippen molar-refractivity contribution in [2.45, 2.75) is 25.2 Å². The van der Waals surface area contributed by atoms with Gasteiger partial charge in [0.2, 0.25) is 5.91 Å². The smallest absolute Gasteiger partial charge is 0.219 e. The lowest BCUT2D eigenvalue weighted by atomic mass is 10.1. The standard InChI is InChI=1S/C13H25N3O3/c1-10(17)16-6-4-15(5-7-16)8-12-13(18)11(9-19-12)14(2)3/h11-13,18H,4-9H2,1-3H3/t11-,12-,13+/m0/s1. The van der Waals surface area contributed by atoms with E-state index in [1.807, 2.05) is 23.9 Å². The van der Waals surface area contributed by atoms with Crippen LogP contribution in [0, 0.1) is 0 Å². The maximum absolute atomic E-state index is 11.3. The van der Waals surface area contributed by atoms with E-state index in [0.717, 1.165) is 32.7 Å². The average Bonchev–Trinajstić information content (AvgIpc) is 2.72. The molecule has 0 saturated carbocycles. The molecule has 2 fully saturated rings. The summed E-state index contributed by atoms with van der Waals surface area (Å²) in [4.78, 5) is 17.4. The summed E-state index contributed by atoms with van der Waals surface area (Å²) in [5.41, 5.74) is 0. The zero-order chi connectivity index (χ0) is 14.0. The van der Waals surface area contributed by atoms with Gasteiger partial charge in [-0.3, -0.25) is 9.69 Å². The number of rotatable bonds is 3. The van der Waals surface area contributed by atoms with Crippen LogP contribution in [0.3, 0.4) is 0 Å². The van der Waals surface area contributed by atoms with Crippen molar-refractivity contribution in [3.63, 3.8) is 0 Å². The molecule has 0 unspecified atom stereocenters. The van der Waals surface area contributed by atoms with E-state index < -0.39 is 6.10 Å². The molecule has 1 amide bonds. The van der Waals surface area contributed by atoms with Crippen LogP contribution in [0.15, 0.2) is 0 Å². The fourth-order valence-electron chi connectivity index (χ4n) is 2.78. The zero-order valence-corrected chi connectivity index (χ0v) is 12.1. The minimum atomic E-state index is -0.430. The van der Waals surface area contributed by atoms with Crippen LogP contribution in [0.5, 0.6) is 0 Å². The Labute approximate surface area is 114 Å². The number of nitrogens with zero attached hydrogens (tertiary/aromatic N) is 3. The molecule has 2 aliphatic heterocycles. The maximum Gasteiger partial charge on any atom is 0.219 e. The van der Waals surface area contributed by atoms with Gasteiger partial charge in [-0.25, -0.2) is 0 Å². The van der Waals surface area contributed by atoms with E-state index in [4.69, 9.17) is 4.74 Å². The van der Waals surface area contributed by atoms with E-state index in [0.29, 0.717) is 6.61 Å². The molecule has 110 valence electrons. The molecule has 0 aromatic heterocycles. The van der Waals surface area contributed by atoms with E-state index >= 15 is 0 Å². The highest BCUT2D eigenvalue weighted by atomic mass is 16.5. The van der Waals surface area contributed by atoms with Crippen molar-refractivity contribution in [3.05, 3.63) is 0 Å². The van der Waals surface area contributed by atoms with Crippen molar-refractivity contribution < 1.29 is 14.6 Å². The Bertz CT molecular complexity index is 316. The summed E-state index contributed by atoms with van der Waals surface area (Å²) in [5.74, 6) is 0.143. The van der Waals surface area contributed by atoms with Crippen molar-refractivity contribution in [3.8, 4) is 0 Å². The lowest BCUT2D eigenvalue weighted by Gasteiger charge is -2.35.